The van der Waals surface area contributed by atoms with Crippen LogP contribution in [0.2, 0.25) is 5.02 Å². The Morgan fingerprint density at radius 3 is 2.27 bits per heavy atom. The molecule has 3 aromatic carbocycles. The number of ketones is 1. The first-order chi connectivity index (χ1) is 15.8. The number of aliphatic hydroxyl groups is 1. The molecule has 0 aliphatic carbocycles. The van der Waals surface area contributed by atoms with Crippen molar-refractivity contribution in [2.24, 2.45) is 0 Å². The van der Waals surface area contributed by atoms with E-state index in [1.54, 1.807) is 24.3 Å². The number of hydrogen-bond acceptors (Lipinski definition) is 3. The summed E-state index contributed by atoms with van der Waals surface area (Å²) in [5.41, 5.74) is 3.97. The van der Waals surface area contributed by atoms with Crippen LogP contribution in [0.3, 0.4) is 0 Å². The lowest BCUT2D eigenvalue weighted by atomic mass is 9.94. The van der Waals surface area contributed by atoms with Gasteiger partial charge in [-0.05, 0) is 72.9 Å². The number of nitrogens with zero attached hydrogens (tertiary/aromatic N) is 1. The number of amides is 1. The van der Waals surface area contributed by atoms with Crippen LogP contribution in [0.5, 0.6) is 0 Å². The number of likely N-dealkylation sites (tertiary alicyclic amines) is 1. The van der Waals surface area contributed by atoms with Gasteiger partial charge in [-0.15, -0.1) is 0 Å². The second-order valence-corrected chi connectivity index (χ2v) is 8.66. The summed E-state index contributed by atoms with van der Waals surface area (Å²) in [6, 6.07) is 17.4. The first-order valence-electron chi connectivity index (χ1n) is 10.6. The molecule has 1 fully saturated rings. The minimum absolute atomic E-state index is 0.00553. The maximum absolute atomic E-state index is 13.6. The third-order valence-electron chi connectivity index (χ3n) is 6.06. The van der Waals surface area contributed by atoms with Gasteiger partial charge >= 0.3 is 0 Å². The number of aliphatic hydroxyl groups excluding tert-OH is 1. The van der Waals surface area contributed by atoms with Gasteiger partial charge in [-0.2, -0.15) is 0 Å². The number of carbonyl (C=O) groups excluding carboxylic acids is 2. The summed E-state index contributed by atoms with van der Waals surface area (Å²) >= 11 is 5.96. The van der Waals surface area contributed by atoms with Gasteiger partial charge in [0.1, 0.15) is 11.6 Å². The SMILES string of the molecule is Cc1ccc(/C(O)=C2/C(=O)C(=O)N(CCc3ccc(Cl)cc3)C2c2ccc(F)cc2)cc1C. The first-order valence-corrected chi connectivity index (χ1v) is 11.0. The molecule has 0 saturated carbocycles. The molecule has 1 heterocycles. The molecule has 0 bridgehead atoms. The Balaban J connectivity index is 1.78. The number of Topliss-reactive ketones (excluding diaryl/α,β-unsaturated/α-hetero) is 1. The predicted octanol–water partition coefficient (Wildman–Crippen LogP) is 5.76. The number of benzene rings is 3. The molecule has 0 radical (unpaired) electrons. The fourth-order valence-electron chi connectivity index (χ4n) is 4.05. The highest BCUT2D eigenvalue weighted by atomic mass is 35.5. The van der Waals surface area contributed by atoms with Crippen molar-refractivity contribution in [3.05, 3.63) is 111 Å². The van der Waals surface area contributed by atoms with E-state index >= 15 is 0 Å². The van der Waals surface area contributed by atoms with Gasteiger partial charge < -0.3 is 10.0 Å². The molecule has 0 spiro atoms. The zero-order chi connectivity index (χ0) is 23.7. The maximum atomic E-state index is 13.6. The van der Waals surface area contributed by atoms with E-state index in [9.17, 15) is 19.1 Å². The number of rotatable bonds is 5. The van der Waals surface area contributed by atoms with Crippen LogP contribution in [0, 0.1) is 19.7 Å². The van der Waals surface area contributed by atoms with Crippen molar-refractivity contribution in [1.82, 2.24) is 4.90 Å². The molecule has 33 heavy (non-hydrogen) atoms. The molecule has 1 aliphatic rings. The van der Waals surface area contributed by atoms with Crippen molar-refractivity contribution < 1.29 is 19.1 Å². The Kier molecular flexibility index (Phi) is 6.34. The summed E-state index contributed by atoms with van der Waals surface area (Å²) in [4.78, 5) is 27.6. The van der Waals surface area contributed by atoms with Gasteiger partial charge in [0.2, 0.25) is 0 Å². The average Bonchev–Trinajstić information content (AvgIpc) is 3.05. The molecule has 1 saturated heterocycles. The molecule has 4 rings (SSSR count). The van der Waals surface area contributed by atoms with Crippen molar-refractivity contribution in [2.45, 2.75) is 26.3 Å². The second kappa shape index (κ2) is 9.20. The molecule has 1 N–H and O–H groups in total. The van der Waals surface area contributed by atoms with Crippen molar-refractivity contribution in [3.63, 3.8) is 0 Å². The van der Waals surface area contributed by atoms with Gasteiger partial charge in [0.05, 0.1) is 11.6 Å². The number of hydrogen-bond donors (Lipinski definition) is 1. The molecular weight excluding hydrogens is 441 g/mol. The monoisotopic (exact) mass is 463 g/mol. The lowest BCUT2D eigenvalue weighted by Crippen LogP contribution is -2.31. The van der Waals surface area contributed by atoms with E-state index in [1.807, 2.05) is 32.0 Å². The summed E-state index contributed by atoms with van der Waals surface area (Å²) in [7, 11) is 0. The van der Waals surface area contributed by atoms with E-state index in [4.69, 9.17) is 11.6 Å². The summed E-state index contributed by atoms with van der Waals surface area (Å²) in [5, 5.41) is 11.7. The quantitative estimate of drug-likeness (QED) is 0.297. The molecule has 1 unspecified atom stereocenters. The molecule has 3 aromatic rings. The Morgan fingerprint density at radius 1 is 0.970 bits per heavy atom. The summed E-state index contributed by atoms with van der Waals surface area (Å²) in [6.07, 6.45) is 0.492. The zero-order valence-electron chi connectivity index (χ0n) is 18.3. The third-order valence-corrected chi connectivity index (χ3v) is 6.31. The Labute approximate surface area is 196 Å². The minimum Gasteiger partial charge on any atom is -0.507 e. The fraction of sp³-hybridized carbons (Fsp3) is 0.185. The molecule has 6 heteroatoms. The highest BCUT2D eigenvalue weighted by molar-refractivity contribution is 6.46. The van der Waals surface area contributed by atoms with E-state index in [-0.39, 0.29) is 17.9 Å². The largest absolute Gasteiger partial charge is 0.507 e. The van der Waals surface area contributed by atoms with Crippen molar-refractivity contribution in [1.29, 1.82) is 0 Å². The van der Waals surface area contributed by atoms with E-state index in [0.29, 0.717) is 22.6 Å². The number of aryl methyl sites for hydroxylation is 2. The standard InChI is InChI=1S/C27H23ClFNO3/c1-16-3-6-20(15-17(16)2)25(31)23-24(19-7-11-22(29)12-8-19)30(27(33)26(23)32)14-13-18-4-9-21(28)10-5-18/h3-12,15,24,31H,13-14H2,1-2H3/b25-23-. The van der Waals surface area contributed by atoms with Crippen LogP contribution in [0.4, 0.5) is 4.39 Å². The van der Waals surface area contributed by atoms with E-state index in [0.717, 1.165) is 16.7 Å². The molecule has 0 aromatic heterocycles. The van der Waals surface area contributed by atoms with Crippen LogP contribution in [-0.2, 0) is 16.0 Å². The highest BCUT2D eigenvalue weighted by Crippen LogP contribution is 2.39. The van der Waals surface area contributed by atoms with Gasteiger partial charge in [-0.3, -0.25) is 9.59 Å². The van der Waals surface area contributed by atoms with E-state index in [1.165, 1.54) is 29.2 Å². The van der Waals surface area contributed by atoms with E-state index < -0.39 is 23.5 Å². The highest BCUT2D eigenvalue weighted by Gasteiger charge is 2.45. The van der Waals surface area contributed by atoms with Crippen LogP contribution in [0.15, 0.2) is 72.3 Å². The normalized spacial score (nSPS) is 17.6. The van der Waals surface area contributed by atoms with Gasteiger partial charge in [-0.1, -0.05) is 48.0 Å². The van der Waals surface area contributed by atoms with Crippen LogP contribution in [-0.4, -0.2) is 28.2 Å². The predicted molar refractivity (Wildman–Crippen MR) is 126 cm³/mol. The second-order valence-electron chi connectivity index (χ2n) is 8.22. The van der Waals surface area contributed by atoms with Crippen LogP contribution in [0.1, 0.15) is 33.9 Å². The first kappa shape index (κ1) is 22.7. The fourth-order valence-corrected chi connectivity index (χ4v) is 4.17. The summed E-state index contributed by atoms with van der Waals surface area (Å²) in [6.45, 7) is 4.11. The average molecular weight is 464 g/mol. The smallest absolute Gasteiger partial charge is 0.295 e. The zero-order valence-corrected chi connectivity index (χ0v) is 19.1. The Morgan fingerprint density at radius 2 is 1.64 bits per heavy atom. The molecule has 168 valence electrons. The van der Waals surface area contributed by atoms with Crippen LogP contribution < -0.4 is 0 Å². The molecule has 1 amide bonds. The van der Waals surface area contributed by atoms with Gasteiger partial charge in [-0.25, -0.2) is 4.39 Å². The Hall–Kier alpha value is -3.44. The lowest BCUT2D eigenvalue weighted by molar-refractivity contribution is -0.139. The molecule has 4 nitrogen and oxygen atoms in total. The molecular formula is C27H23ClFNO3. The topological polar surface area (TPSA) is 57.6 Å². The molecule has 1 aliphatic heterocycles. The maximum Gasteiger partial charge on any atom is 0.295 e. The van der Waals surface area contributed by atoms with Gasteiger partial charge in [0.15, 0.2) is 0 Å². The summed E-state index contributed by atoms with van der Waals surface area (Å²) in [5.74, 6) is -2.11. The minimum atomic E-state index is -0.820. The van der Waals surface area contributed by atoms with Crippen LogP contribution in [0.25, 0.3) is 5.76 Å². The third kappa shape index (κ3) is 4.55. The summed E-state index contributed by atoms with van der Waals surface area (Å²) < 4.78 is 13.6. The van der Waals surface area contributed by atoms with E-state index in [2.05, 4.69) is 0 Å². The van der Waals surface area contributed by atoms with Crippen molar-refractivity contribution in [3.8, 4) is 0 Å². The lowest BCUT2D eigenvalue weighted by Gasteiger charge is -2.25. The van der Waals surface area contributed by atoms with Gasteiger partial charge in [0.25, 0.3) is 11.7 Å². The van der Waals surface area contributed by atoms with Crippen LogP contribution >= 0.6 is 11.6 Å². The van der Waals surface area contributed by atoms with Crippen molar-refractivity contribution >= 4 is 29.1 Å². The number of carbonyl (C=O) groups is 2. The van der Waals surface area contributed by atoms with Crippen molar-refractivity contribution in [2.75, 3.05) is 6.54 Å². The molecule has 1 atom stereocenters. The Bertz CT molecular complexity index is 1250. The van der Waals surface area contributed by atoms with Gasteiger partial charge in [0, 0.05) is 17.1 Å². The number of halogens is 2.